The Labute approximate surface area is 267 Å². The van der Waals surface area contributed by atoms with Crippen LogP contribution < -0.4 is 19.6 Å². The minimum absolute atomic E-state index is 0.109. The van der Waals surface area contributed by atoms with Gasteiger partial charge in [-0.3, -0.25) is 19.5 Å². The normalized spacial score (nSPS) is 14.7. The van der Waals surface area contributed by atoms with Crippen LogP contribution in [0.5, 0.6) is 5.75 Å². The van der Waals surface area contributed by atoms with E-state index in [-0.39, 0.29) is 23.4 Å². The molecule has 1 aliphatic rings. The van der Waals surface area contributed by atoms with Crippen molar-refractivity contribution in [2.24, 2.45) is 4.99 Å². The van der Waals surface area contributed by atoms with Crippen LogP contribution in [0.1, 0.15) is 42.1 Å². The minimum Gasteiger partial charge on any atom is -0.487 e. The van der Waals surface area contributed by atoms with E-state index in [1.54, 1.807) is 39.0 Å². The van der Waals surface area contributed by atoms with Gasteiger partial charge in [-0.05, 0) is 87.5 Å². The maximum atomic E-state index is 13.9. The Kier molecular flexibility index (Phi) is 9.09. The lowest BCUT2D eigenvalue weighted by atomic mass is 9.94. The van der Waals surface area contributed by atoms with Crippen molar-refractivity contribution in [3.63, 3.8) is 0 Å². The number of allylic oxidation sites excluding steroid dienone is 1. The van der Waals surface area contributed by atoms with Crippen LogP contribution in [0.2, 0.25) is 0 Å². The van der Waals surface area contributed by atoms with E-state index in [0.29, 0.717) is 47.5 Å². The van der Waals surface area contributed by atoms with Crippen LogP contribution >= 0.6 is 43.2 Å². The zero-order chi connectivity index (χ0) is 30.8. The van der Waals surface area contributed by atoms with Gasteiger partial charge in [0.1, 0.15) is 12.4 Å². The Bertz CT molecular complexity index is 1940. The zero-order valence-electron chi connectivity index (χ0n) is 23.3. The van der Waals surface area contributed by atoms with E-state index in [2.05, 4.69) is 36.9 Å². The molecule has 4 aromatic rings. The van der Waals surface area contributed by atoms with Gasteiger partial charge in [0, 0.05) is 11.6 Å². The number of halogens is 2. The number of rotatable bonds is 8. The van der Waals surface area contributed by atoms with Crippen molar-refractivity contribution in [3.05, 3.63) is 133 Å². The van der Waals surface area contributed by atoms with E-state index in [0.717, 1.165) is 11.1 Å². The second kappa shape index (κ2) is 12.8. The Morgan fingerprint density at radius 2 is 1.81 bits per heavy atom. The molecule has 0 aliphatic carbocycles. The number of fused-ring (bicyclic) bond motifs is 1. The number of hydrogen-bond donors (Lipinski definition) is 0. The van der Waals surface area contributed by atoms with Crippen LogP contribution in [0.3, 0.4) is 0 Å². The van der Waals surface area contributed by atoms with Crippen molar-refractivity contribution in [2.45, 2.75) is 33.4 Å². The predicted octanol–water partition coefficient (Wildman–Crippen LogP) is 6.12. The first-order chi connectivity index (χ1) is 20.6. The molecule has 1 atom stereocenters. The van der Waals surface area contributed by atoms with Gasteiger partial charge in [-0.2, -0.15) is 0 Å². The van der Waals surface area contributed by atoms with E-state index in [4.69, 9.17) is 9.47 Å². The van der Waals surface area contributed by atoms with Gasteiger partial charge in [-0.1, -0.05) is 53.8 Å². The summed E-state index contributed by atoms with van der Waals surface area (Å²) in [6.07, 6.45) is 1.73. The summed E-state index contributed by atoms with van der Waals surface area (Å²) in [5, 5.41) is 11.7. The molecule has 0 saturated carbocycles. The van der Waals surface area contributed by atoms with E-state index < -0.39 is 16.9 Å². The summed E-state index contributed by atoms with van der Waals surface area (Å²) in [4.78, 5) is 43.3. The maximum absolute atomic E-state index is 13.9. The Hall–Kier alpha value is -3.87. The van der Waals surface area contributed by atoms with Gasteiger partial charge in [0.25, 0.3) is 11.2 Å². The molecule has 2 heterocycles. The van der Waals surface area contributed by atoms with Crippen molar-refractivity contribution < 1.29 is 19.2 Å². The average Bonchev–Trinajstić information content (AvgIpc) is 3.26. The third-order valence-corrected chi connectivity index (χ3v) is 8.97. The molecule has 220 valence electrons. The lowest BCUT2D eigenvalue weighted by Crippen LogP contribution is -2.40. The summed E-state index contributed by atoms with van der Waals surface area (Å²) in [6.45, 7) is 5.49. The second-order valence-electron chi connectivity index (χ2n) is 9.69. The third-order valence-electron chi connectivity index (χ3n) is 6.81. The number of carbonyl (C=O) groups excluding carboxylic acids is 1. The molecule has 1 aliphatic heterocycles. The number of nitro groups is 1. The molecule has 43 heavy (non-hydrogen) atoms. The summed E-state index contributed by atoms with van der Waals surface area (Å²) in [5.74, 6) is -0.0108. The van der Waals surface area contributed by atoms with Gasteiger partial charge < -0.3 is 9.47 Å². The van der Waals surface area contributed by atoms with Crippen LogP contribution in [0.25, 0.3) is 6.08 Å². The number of carbonyl (C=O) groups is 1. The molecule has 0 fully saturated rings. The summed E-state index contributed by atoms with van der Waals surface area (Å²) < 4.78 is 14.5. The number of nitro benzene ring substituents is 1. The van der Waals surface area contributed by atoms with Gasteiger partial charge in [0.05, 0.1) is 42.3 Å². The van der Waals surface area contributed by atoms with Crippen molar-refractivity contribution in [2.75, 3.05) is 6.61 Å². The highest BCUT2D eigenvalue weighted by atomic mass is 79.9. The van der Waals surface area contributed by atoms with Gasteiger partial charge in [-0.15, -0.1) is 0 Å². The Balaban J connectivity index is 1.60. The molecule has 12 heteroatoms. The molecule has 0 radical (unpaired) electrons. The molecule has 5 rings (SSSR count). The maximum Gasteiger partial charge on any atom is 0.338 e. The van der Waals surface area contributed by atoms with Crippen LogP contribution in [-0.2, 0) is 16.1 Å². The Morgan fingerprint density at radius 1 is 1.12 bits per heavy atom. The molecule has 3 aromatic carbocycles. The monoisotopic (exact) mass is 725 g/mol. The molecule has 0 amide bonds. The van der Waals surface area contributed by atoms with Gasteiger partial charge >= 0.3 is 5.97 Å². The molecule has 1 aromatic heterocycles. The van der Waals surface area contributed by atoms with E-state index in [9.17, 15) is 19.7 Å². The largest absolute Gasteiger partial charge is 0.487 e. The van der Waals surface area contributed by atoms with Gasteiger partial charge in [-0.25, -0.2) is 9.79 Å². The topological polar surface area (TPSA) is 113 Å². The zero-order valence-corrected chi connectivity index (χ0v) is 27.3. The fraction of sp³-hybridized carbons (Fsp3) is 0.194. The number of benzene rings is 3. The van der Waals surface area contributed by atoms with Crippen LogP contribution in [0, 0.1) is 17.0 Å². The molecule has 9 nitrogen and oxygen atoms in total. The number of ether oxygens (including phenoxy) is 2. The number of aryl methyl sites for hydroxylation is 1. The first-order valence-electron chi connectivity index (χ1n) is 13.2. The summed E-state index contributed by atoms with van der Waals surface area (Å²) in [7, 11) is 0. The SMILES string of the molecule is CCOC(=O)C1=C(C)N=c2s/c(=C/c3cc(Br)c(OCc4ccccc4)c(Br)c3)c(=O)n2[C@H]1c1ccc(C)c([N+](=O)[O-])c1. The predicted molar refractivity (Wildman–Crippen MR) is 171 cm³/mol. The number of aromatic nitrogens is 1. The molecular formula is C31H25Br2N3O6S. The van der Waals surface area contributed by atoms with Crippen molar-refractivity contribution >= 4 is 60.9 Å². The number of nitrogens with zero attached hydrogens (tertiary/aromatic N) is 3. The Morgan fingerprint density at radius 3 is 2.47 bits per heavy atom. The molecule has 0 bridgehead atoms. The molecule has 0 N–H and O–H groups in total. The second-order valence-corrected chi connectivity index (χ2v) is 12.4. The highest BCUT2D eigenvalue weighted by Gasteiger charge is 2.34. The molecular weight excluding hydrogens is 702 g/mol. The van der Waals surface area contributed by atoms with E-state index >= 15 is 0 Å². The lowest BCUT2D eigenvalue weighted by molar-refractivity contribution is -0.385. The smallest absolute Gasteiger partial charge is 0.338 e. The number of esters is 1. The minimum atomic E-state index is -0.955. The van der Waals surface area contributed by atoms with Crippen LogP contribution in [0.15, 0.2) is 90.7 Å². The van der Waals surface area contributed by atoms with Crippen LogP contribution in [-0.4, -0.2) is 22.1 Å². The fourth-order valence-corrected chi connectivity index (χ4v) is 7.28. The molecule has 0 unspecified atom stereocenters. The lowest BCUT2D eigenvalue weighted by Gasteiger charge is -2.24. The van der Waals surface area contributed by atoms with E-state index in [1.165, 1.54) is 22.0 Å². The van der Waals surface area contributed by atoms with Crippen LogP contribution in [0.4, 0.5) is 5.69 Å². The molecule has 0 saturated heterocycles. The summed E-state index contributed by atoms with van der Waals surface area (Å²) in [5.41, 5.74) is 2.66. The standard InChI is InChI=1S/C31H25Br2N3O6S/c1-4-41-30(38)26-18(3)34-31-35(27(26)21-11-10-17(2)24(15-21)36(39)40)29(37)25(43-31)14-20-12-22(32)28(23(33)13-20)42-16-19-8-6-5-7-9-19/h5-15,27H,4,16H2,1-3H3/b25-14+/t27-/m0/s1. The van der Waals surface area contributed by atoms with Gasteiger partial charge in [0.2, 0.25) is 0 Å². The fourth-order valence-electron chi connectivity index (χ4n) is 4.78. The first-order valence-corrected chi connectivity index (χ1v) is 15.6. The average molecular weight is 727 g/mol. The highest BCUT2D eigenvalue weighted by molar-refractivity contribution is 9.11. The number of thiazole rings is 1. The summed E-state index contributed by atoms with van der Waals surface area (Å²) >= 11 is 8.34. The highest BCUT2D eigenvalue weighted by Crippen LogP contribution is 2.36. The first kappa shape index (κ1) is 30.6. The van der Waals surface area contributed by atoms with Crippen molar-refractivity contribution in [1.82, 2.24) is 4.57 Å². The van der Waals surface area contributed by atoms with Gasteiger partial charge in [0.15, 0.2) is 4.80 Å². The third kappa shape index (κ3) is 6.27. The molecule has 0 spiro atoms. The summed E-state index contributed by atoms with van der Waals surface area (Å²) in [6, 6.07) is 17.2. The van der Waals surface area contributed by atoms with Crippen molar-refractivity contribution in [1.29, 1.82) is 0 Å². The van der Waals surface area contributed by atoms with E-state index in [1.807, 2.05) is 42.5 Å². The van der Waals surface area contributed by atoms with Crippen molar-refractivity contribution in [3.8, 4) is 5.75 Å². The number of hydrogen-bond acceptors (Lipinski definition) is 8. The quantitative estimate of drug-likeness (QED) is 0.123.